The summed E-state index contributed by atoms with van der Waals surface area (Å²) in [6.07, 6.45) is 0. The number of nitrogens with zero attached hydrogens (tertiary/aromatic N) is 2. The van der Waals surface area contributed by atoms with Crippen molar-refractivity contribution in [3.8, 4) is 34.3 Å². The van der Waals surface area contributed by atoms with Crippen LogP contribution in [0.4, 0.5) is 4.39 Å². The lowest BCUT2D eigenvalue weighted by atomic mass is 10.1. The van der Waals surface area contributed by atoms with Crippen LogP contribution in [0.3, 0.4) is 0 Å². The van der Waals surface area contributed by atoms with Crippen molar-refractivity contribution in [3.05, 3.63) is 47.8 Å². The molecule has 1 aromatic heterocycles. The number of aromatic nitrogens is 2. The Hall–Kier alpha value is -3.42. The van der Waals surface area contributed by atoms with Gasteiger partial charge in [-0.1, -0.05) is 17.3 Å². The molecule has 0 saturated carbocycles. The Labute approximate surface area is 128 Å². The lowest BCUT2D eigenvalue weighted by molar-refractivity contribution is 0.0694. The maximum absolute atomic E-state index is 13.7. The number of aromatic carboxylic acids is 1. The van der Waals surface area contributed by atoms with Crippen LogP contribution >= 0.6 is 0 Å². The zero-order chi connectivity index (χ0) is 16.6. The highest BCUT2D eigenvalue weighted by Gasteiger charge is 2.23. The largest absolute Gasteiger partial charge is 0.507 e. The molecule has 0 fully saturated rings. The van der Waals surface area contributed by atoms with E-state index in [-0.39, 0.29) is 22.8 Å². The first kappa shape index (κ1) is 14.5. The average Bonchev–Trinajstić information content (AvgIpc) is 2.96. The summed E-state index contributed by atoms with van der Waals surface area (Å²) in [7, 11) is 0. The van der Waals surface area contributed by atoms with Crippen molar-refractivity contribution in [1.82, 2.24) is 10.1 Å². The number of aromatic hydroxyl groups is 2. The van der Waals surface area contributed by atoms with Crippen LogP contribution in [-0.2, 0) is 0 Å². The first-order chi connectivity index (χ1) is 11.0. The molecule has 3 aromatic rings. The summed E-state index contributed by atoms with van der Waals surface area (Å²) >= 11 is 0. The van der Waals surface area contributed by atoms with Gasteiger partial charge in [-0.25, -0.2) is 9.18 Å². The molecule has 3 rings (SSSR count). The van der Waals surface area contributed by atoms with Crippen LogP contribution in [0.25, 0.3) is 22.8 Å². The van der Waals surface area contributed by atoms with Gasteiger partial charge in [0.05, 0.1) is 5.56 Å². The maximum Gasteiger partial charge on any atom is 0.339 e. The summed E-state index contributed by atoms with van der Waals surface area (Å²) in [6.45, 7) is 0. The minimum absolute atomic E-state index is 0.0413. The predicted molar refractivity (Wildman–Crippen MR) is 75.4 cm³/mol. The first-order valence-corrected chi connectivity index (χ1v) is 6.36. The molecule has 8 heteroatoms. The molecule has 0 atom stereocenters. The maximum atomic E-state index is 13.7. The monoisotopic (exact) mass is 316 g/mol. The van der Waals surface area contributed by atoms with Crippen LogP contribution in [0.15, 0.2) is 40.9 Å². The second kappa shape index (κ2) is 5.41. The van der Waals surface area contributed by atoms with Crippen molar-refractivity contribution >= 4 is 5.97 Å². The molecule has 0 aliphatic rings. The summed E-state index contributed by atoms with van der Waals surface area (Å²) < 4.78 is 18.6. The highest BCUT2D eigenvalue weighted by Crippen LogP contribution is 2.38. The number of halogens is 1. The fourth-order valence-electron chi connectivity index (χ4n) is 2.04. The fraction of sp³-hybridized carbons (Fsp3) is 0. The van der Waals surface area contributed by atoms with E-state index < -0.39 is 28.8 Å². The molecule has 0 aliphatic carbocycles. The van der Waals surface area contributed by atoms with Gasteiger partial charge in [-0.3, -0.25) is 0 Å². The summed E-state index contributed by atoms with van der Waals surface area (Å²) in [4.78, 5) is 14.9. The molecule has 0 aliphatic heterocycles. The van der Waals surface area contributed by atoms with Gasteiger partial charge in [0.25, 0.3) is 5.89 Å². The minimum atomic E-state index is -1.39. The quantitative estimate of drug-likeness (QED) is 0.680. The van der Waals surface area contributed by atoms with E-state index in [0.717, 1.165) is 12.1 Å². The molecule has 0 saturated heterocycles. The van der Waals surface area contributed by atoms with E-state index in [1.165, 1.54) is 18.2 Å². The molecular weight excluding hydrogens is 307 g/mol. The lowest BCUT2D eigenvalue weighted by Gasteiger charge is -2.05. The van der Waals surface area contributed by atoms with Gasteiger partial charge in [0.2, 0.25) is 5.82 Å². The van der Waals surface area contributed by atoms with Crippen LogP contribution in [0.1, 0.15) is 10.4 Å². The van der Waals surface area contributed by atoms with Gasteiger partial charge >= 0.3 is 5.97 Å². The van der Waals surface area contributed by atoms with Crippen molar-refractivity contribution in [2.45, 2.75) is 0 Å². The number of hydrogen-bond acceptors (Lipinski definition) is 6. The van der Waals surface area contributed by atoms with E-state index in [9.17, 15) is 19.4 Å². The topological polar surface area (TPSA) is 117 Å². The summed E-state index contributed by atoms with van der Waals surface area (Å²) in [5.41, 5.74) is -0.703. The van der Waals surface area contributed by atoms with E-state index in [0.29, 0.717) is 0 Å². The van der Waals surface area contributed by atoms with Crippen LogP contribution in [-0.4, -0.2) is 31.4 Å². The first-order valence-electron chi connectivity index (χ1n) is 6.36. The lowest BCUT2D eigenvalue weighted by Crippen LogP contribution is -1.98. The Morgan fingerprint density at radius 3 is 2.57 bits per heavy atom. The summed E-state index contributed by atoms with van der Waals surface area (Å²) in [5, 5.41) is 32.4. The van der Waals surface area contributed by atoms with Crippen molar-refractivity contribution in [3.63, 3.8) is 0 Å². The molecule has 2 aromatic carbocycles. The van der Waals surface area contributed by atoms with Crippen molar-refractivity contribution in [2.24, 2.45) is 0 Å². The Morgan fingerprint density at radius 1 is 1.13 bits per heavy atom. The number of carboxylic acids is 1. The van der Waals surface area contributed by atoms with E-state index in [1.807, 2.05) is 0 Å². The predicted octanol–water partition coefficient (Wildman–Crippen LogP) is 2.65. The van der Waals surface area contributed by atoms with Gasteiger partial charge in [0.15, 0.2) is 0 Å². The van der Waals surface area contributed by atoms with Crippen LogP contribution in [0, 0.1) is 5.82 Å². The Morgan fingerprint density at radius 2 is 1.87 bits per heavy atom. The Kier molecular flexibility index (Phi) is 3.41. The van der Waals surface area contributed by atoms with Gasteiger partial charge in [0, 0.05) is 0 Å². The molecule has 0 amide bonds. The molecule has 23 heavy (non-hydrogen) atoms. The third kappa shape index (κ3) is 2.46. The normalized spacial score (nSPS) is 10.7. The summed E-state index contributed by atoms with van der Waals surface area (Å²) in [5.74, 6) is -3.55. The third-order valence-electron chi connectivity index (χ3n) is 3.14. The van der Waals surface area contributed by atoms with E-state index >= 15 is 0 Å². The number of rotatable bonds is 3. The molecule has 0 spiro atoms. The minimum Gasteiger partial charge on any atom is -0.507 e. The number of phenolic OH excluding ortho intramolecular Hbond substituents is 1. The Balaban J connectivity index is 2.13. The van der Waals surface area contributed by atoms with Gasteiger partial charge in [-0.05, 0) is 24.3 Å². The summed E-state index contributed by atoms with van der Waals surface area (Å²) in [6, 6.07) is 7.80. The van der Waals surface area contributed by atoms with Gasteiger partial charge in [0.1, 0.15) is 28.4 Å². The molecule has 7 nitrogen and oxygen atoms in total. The number of carbonyl (C=O) groups is 1. The van der Waals surface area contributed by atoms with Crippen molar-refractivity contribution in [2.75, 3.05) is 0 Å². The molecule has 0 radical (unpaired) electrons. The van der Waals surface area contributed by atoms with Gasteiger partial charge in [-0.15, -0.1) is 0 Å². The fourth-order valence-corrected chi connectivity index (χ4v) is 2.04. The van der Waals surface area contributed by atoms with E-state index in [2.05, 4.69) is 10.1 Å². The number of benzene rings is 2. The van der Waals surface area contributed by atoms with Crippen molar-refractivity contribution < 1.29 is 29.0 Å². The average molecular weight is 316 g/mol. The SMILES string of the molecule is O=C(O)c1ccc(O)c(-c2noc(-c3ccccc3F)n2)c1O. The van der Waals surface area contributed by atoms with Crippen LogP contribution < -0.4 is 0 Å². The molecule has 3 N–H and O–H groups in total. The smallest absolute Gasteiger partial charge is 0.339 e. The van der Waals surface area contributed by atoms with Crippen LogP contribution in [0.2, 0.25) is 0 Å². The van der Waals surface area contributed by atoms with E-state index in [1.54, 1.807) is 6.07 Å². The third-order valence-corrected chi connectivity index (χ3v) is 3.14. The zero-order valence-corrected chi connectivity index (χ0v) is 11.4. The second-order valence-corrected chi connectivity index (χ2v) is 4.56. The zero-order valence-electron chi connectivity index (χ0n) is 11.4. The number of phenols is 2. The molecule has 0 unspecified atom stereocenters. The number of carboxylic acid groups (broad SMARTS) is 1. The van der Waals surface area contributed by atoms with Gasteiger partial charge < -0.3 is 19.8 Å². The van der Waals surface area contributed by atoms with Crippen LogP contribution in [0.5, 0.6) is 11.5 Å². The molecule has 1 heterocycles. The van der Waals surface area contributed by atoms with Gasteiger partial charge in [-0.2, -0.15) is 4.98 Å². The molecule has 116 valence electrons. The number of hydrogen-bond donors (Lipinski definition) is 3. The molecule has 0 bridgehead atoms. The van der Waals surface area contributed by atoms with Crippen molar-refractivity contribution in [1.29, 1.82) is 0 Å². The highest BCUT2D eigenvalue weighted by atomic mass is 19.1. The second-order valence-electron chi connectivity index (χ2n) is 4.56. The highest BCUT2D eigenvalue weighted by molar-refractivity contribution is 5.94. The molecular formula is C15H9FN2O5. The standard InChI is InChI=1S/C15H9FN2O5/c16-9-4-2-1-3-7(9)14-17-13(18-23-14)11-10(19)6-5-8(12(11)20)15(21)22/h1-6,19-20H,(H,21,22). The van der Waals surface area contributed by atoms with E-state index in [4.69, 9.17) is 9.63 Å². The Bertz CT molecular complexity index is 907.